The van der Waals surface area contributed by atoms with Crippen molar-refractivity contribution in [3.8, 4) is 0 Å². The Kier molecular flexibility index (Phi) is 4.61. The lowest BCUT2D eigenvalue weighted by atomic mass is 10.1. The van der Waals surface area contributed by atoms with Gasteiger partial charge in [-0.1, -0.05) is 30.3 Å². The Bertz CT molecular complexity index is 971. The van der Waals surface area contributed by atoms with Gasteiger partial charge in [0.25, 0.3) is 10.0 Å². The molecule has 0 saturated carbocycles. The quantitative estimate of drug-likeness (QED) is 0.863. The number of sulfone groups is 1. The molecule has 3 rings (SSSR count). The minimum atomic E-state index is -4.03. The van der Waals surface area contributed by atoms with E-state index >= 15 is 0 Å². The van der Waals surface area contributed by atoms with E-state index in [-0.39, 0.29) is 4.90 Å². The highest BCUT2D eigenvalue weighted by atomic mass is 32.2. The molecule has 0 aromatic heterocycles. The number of aliphatic hydroxyl groups excluding tert-OH is 1. The minimum absolute atomic E-state index is 0.0491. The molecule has 134 valence electrons. The number of nitrogens with zero attached hydrogens (tertiary/aromatic N) is 1. The third-order valence-electron chi connectivity index (χ3n) is 4.15. The van der Waals surface area contributed by atoms with Gasteiger partial charge in [-0.25, -0.2) is 16.8 Å². The van der Waals surface area contributed by atoms with Crippen LogP contribution in [0.4, 0.5) is 5.69 Å². The Hall–Kier alpha value is -1.90. The standard InChI is InChI=1S/C17H19NO5S2/c1-13-6-5-7-14(10-13)18(16-11-24(20,21)12-17(16)19)25(22,23)15-8-3-2-4-9-15/h2-10,16-17,19H,11-12H2,1H3. The van der Waals surface area contributed by atoms with Gasteiger partial charge in [0.15, 0.2) is 9.84 Å². The van der Waals surface area contributed by atoms with Gasteiger partial charge >= 0.3 is 0 Å². The molecule has 25 heavy (non-hydrogen) atoms. The summed E-state index contributed by atoms with van der Waals surface area (Å²) < 4.78 is 51.3. The molecule has 6 nitrogen and oxygen atoms in total. The van der Waals surface area contributed by atoms with Crippen LogP contribution in [0.3, 0.4) is 0 Å². The molecule has 0 radical (unpaired) electrons. The molecule has 0 spiro atoms. The normalized spacial score (nSPS) is 22.6. The van der Waals surface area contributed by atoms with Crippen LogP contribution < -0.4 is 4.31 Å². The van der Waals surface area contributed by atoms with Gasteiger partial charge in [0.2, 0.25) is 0 Å². The summed E-state index contributed by atoms with van der Waals surface area (Å²) in [6.45, 7) is 1.82. The lowest BCUT2D eigenvalue weighted by Gasteiger charge is -2.31. The number of aliphatic hydroxyl groups is 1. The number of anilines is 1. The third-order valence-corrected chi connectivity index (χ3v) is 7.72. The maximum atomic E-state index is 13.2. The van der Waals surface area contributed by atoms with Crippen LogP contribution in [0.25, 0.3) is 0 Å². The number of hydrogen-bond acceptors (Lipinski definition) is 5. The van der Waals surface area contributed by atoms with Gasteiger partial charge in [-0.3, -0.25) is 4.31 Å². The van der Waals surface area contributed by atoms with Crippen LogP contribution in [0.2, 0.25) is 0 Å². The van der Waals surface area contributed by atoms with Crippen molar-refractivity contribution < 1.29 is 21.9 Å². The van der Waals surface area contributed by atoms with Crippen molar-refractivity contribution in [1.82, 2.24) is 0 Å². The zero-order chi connectivity index (χ0) is 18.2. The van der Waals surface area contributed by atoms with Crippen molar-refractivity contribution in [3.63, 3.8) is 0 Å². The van der Waals surface area contributed by atoms with Gasteiger partial charge in [-0.15, -0.1) is 0 Å². The van der Waals surface area contributed by atoms with Crippen molar-refractivity contribution in [2.75, 3.05) is 15.8 Å². The first-order valence-electron chi connectivity index (χ1n) is 7.75. The number of hydrogen-bond donors (Lipinski definition) is 1. The average molecular weight is 381 g/mol. The summed E-state index contributed by atoms with van der Waals surface area (Å²) in [4.78, 5) is 0.0491. The maximum Gasteiger partial charge on any atom is 0.264 e. The van der Waals surface area contributed by atoms with E-state index in [9.17, 15) is 21.9 Å². The predicted octanol–water partition coefficient (Wildman–Crippen LogP) is 1.35. The molecule has 1 fully saturated rings. The summed E-state index contributed by atoms with van der Waals surface area (Å²) in [6.07, 6.45) is -1.27. The highest BCUT2D eigenvalue weighted by Gasteiger charge is 2.45. The highest BCUT2D eigenvalue weighted by Crippen LogP contribution is 2.31. The fourth-order valence-electron chi connectivity index (χ4n) is 3.01. The predicted molar refractivity (Wildman–Crippen MR) is 95.7 cm³/mol. The lowest BCUT2D eigenvalue weighted by molar-refractivity contribution is 0.184. The van der Waals surface area contributed by atoms with Crippen molar-refractivity contribution in [2.45, 2.75) is 24.0 Å². The van der Waals surface area contributed by atoms with E-state index in [4.69, 9.17) is 0 Å². The summed E-state index contributed by atoms with van der Waals surface area (Å²) >= 11 is 0. The second-order valence-corrected chi connectivity index (χ2v) is 10.1. The van der Waals surface area contributed by atoms with Crippen molar-refractivity contribution in [1.29, 1.82) is 0 Å². The second kappa shape index (κ2) is 6.44. The third kappa shape index (κ3) is 3.56. The molecule has 2 atom stereocenters. The van der Waals surface area contributed by atoms with Crippen LogP contribution in [0.15, 0.2) is 59.5 Å². The largest absolute Gasteiger partial charge is 0.390 e. The first kappa shape index (κ1) is 17.9. The minimum Gasteiger partial charge on any atom is -0.390 e. The van der Waals surface area contributed by atoms with Crippen molar-refractivity contribution >= 4 is 25.5 Å². The van der Waals surface area contributed by atoms with Gasteiger partial charge < -0.3 is 5.11 Å². The molecule has 1 heterocycles. The summed E-state index contributed by atoms with van der Waals surface area (Å²) in [5, 5.41) is 10.3. The fraction of sp³-hybridized carbons (Fsp3) is 0.294. The van der Waals surface area contributed by atoms with Crippen molar-refractivity contribution in [3.05, 3.63) is 60.2 Å². The van der Waals surface area contributed by atoms with E-state index in [1.807, 2.05) is 13.0 Å². The summed E-state index contributed by atoms with van der Waals surface area (Å²) in [5.74, 6) is -0.849. The Morgan fingerprint density at radius 2 is 1.72 bits per heavy atom. The number of rotatable bonds is 4. The Balaban J connectivity index is 2.17. The molecule has 1 aliphatic heterocycles. The van der Waals surface area contributed by atoms with E-state index < -0.39 is 43.5 Å². The molecule has 1 aliphatic rings. The summed E-state index contributed by atoms with van der Waals surface area (Å²) in [7, 11) is -7.53. The van der Waals surface area contributed by atoms with Gasteiger partial charge in [0.1, 0.15) is 0 Å². The molecule has 8 heteroatoms. The fourth-order valence-corrected chi connectivity index (χ4v) is 6.57. The topological polar surface area (TPSA) is 91.8 Å². The van der Waals surface area contributed by atoms with E-state index in [0.717, 1.165) is 9.87 Å². The second-order valence-electron chi connectivity index (χ2n) is 6.16. The zero-order valence-corrected chi connectivity index (χ0v) is 15.2. The van der Waals surface area contributed by atoms with Gasteiger partial charge in [-0.05, 0) is 36.8 Å². The Labute approximate surface area is 147 Å². The molecule has 2 aromatic rings. The van der Waals surface area contributed by atoms with E-state index in [1.165, 1.54) is 12.1 Å². The molecular formula is C17H19NO5S2. The highest BCUT2D eigenvalue weighted by molar-refractivity contribution is 7.93. The maximum absolute atomic E-state index is 13.2. The van der Waals surface area contributed by atoms with Gasteiger partial charge in [-0.2, -0.15) is 0 Å². The average Bonchev–Trinajstić information content (AvgIpc) is 2.81. The first-order chi connectivity index (χ1) is 11.7. The van der Waals surface area contributed by atoms with Crippen LogP contribution in [-0.4, -0.2) is 45.6 Å². The van der Waals surface area contributed by atoms with E-state index in [0.29, 0.717) is 5.69 Å². The van der Waals surface area contributed by atoms with Crippen LogP contribution in [0.5, 0.6) is 0 Å². The monoisotopic (exact) mass is 381 g/mol. The van der Waals surface area contributed by atoms with Crippen LogP contribution >= 0.6 is 0 Å². The van der Waals surface area contributed by atoms with Crippen LogP contribution in [0.1, 0.15) is 5.56 Å². The summed E-state index contributed by atoms with van der Waals surface area (Å²) in [6, 6.07) is 13.5. The van der Waals surface area contributed by atoms with E-state index in [1.54, 1.807) is 36.4 Å². The molecule has 0 aliphatic carbocycles. The van der Waals surface area contributed by atoms with Crippen LogP contribution in [0, 0.1) is 6.92 Å². The zero-order valence-electron chi connectivity index (χ0n) is 13.6. The molecule has 2 unspecified atom stereocenters. The van der Waals surface area contributed by atoms with Crippen molar-refractivity contribution in [2.24, 2.45) is 0 Å². The molecule has 0 amide bonds. The molecular weight excluding hydrogens is 362 g/mol. The molecule has 1 saturated heterocycles. The molecule has 1 N–H and O–H groups in total. The first-order valence-corrected chi connectivity index (χ1v) is 11.0. The smallest absolute Gasteiger partial charge is 0.264 e. The molecule has 2 aromatic carbocycles. The number of sulfonamides is 1. The van der Waals surface area contributed by atoms with Gasteiger partial charge in [0, 0.05) is 0 Å². The Morgan fingerprint density at radius 3 is 2.28 bits per heavy atom. The lowest BCUT2D eigenvalue weighted by Crippen LogP contribution is -2.47. The SMILES string of the molecule is Cc1cccc(N(C2CS(=O)(=O)CC2O)S(=O)(=O)c2ccccc2)c1. The number of aryl methyl sites for hydroxylation is 1. The summed E-state index contributed by atoms with van der Waals surface area (Å²) in [5.41, 5.74) is 1.17. The van der Waals surface area contributed by atoms with E-state index in [2.05, 4.69) is 0 Å². The number of benzene rings is 2. The van der Waals surface area contributed by atoms with Crippen LogP contribution in [-0.2, 0) is 19.9 Å². The Morgan fingerprint density at radius 1 is 1.04 bits per heavy atom. The molecule has 0 bridgehead atoms. The van der Waals surface area contributed by atoms with Gasteiger partial charge in [0.05, 0.1) is 34.2 Å².